The zero-order valence-corrected chi connectivity index (χ0v) is 12.8. The Kier molecular flexibility index (Phi) is 4.04. The largest absolute Gasteiger partial charge is 0.378 e. The third kappa shape index (κ3) is 3.15. The Labute approximate surface area is 126 Å². The SMILES string of the molecule is CN(C)c1cccc(-c2cc(N3CCCCC3)ncn2)c1. The molecule has 0 aliphatic carbocycles. The molecular weight excluding hydrogens is 260 g/mol. The van der Waals surface area contributed by atoms with E-state index in [2.05, 4.69) is 64.2 Å². The van der Waals surface area contributed by atoms with Crippen LogP contribution >= 0.6 is 0 Å². The molecule has 0 bridgehead atoms. The molecule has 0 atom stereocenters. The van der Waals surface area contributed by atoms with Crippen molar-refractivity contribution in [3.05, 3.63) is 36.7 Å². The Morgan fingerprint density at radius 3 is 2.57 bits per heavy atom. The first-order chi connectivity index (χ1) is 10.2. The summed E-state index contributed by atoms with van der Waals surface area (Å²) in [4.78, 5) is 13.4. The van der Waals surface area contributed by atoms with E-state index in [1.54, 1.807) is 6.33 Å². The first-order valence-electron chi connectivity index (χ1n) is 7.59. The molecule has 0 N–H and O–H groups in total. The van der Waals surface area contributed by atoms with Gasteiger partial charge in [0.05, 0.1) is 5.69 Å². The Morgan fingerprint density at radius 1 is 1.00 bits per heavy atom. The van der Waals surface area contributed by atoms with Crippen molar-refractivity contribution >= 4 is 11.5 Å². The average Bonchev–Trinajstić information content (AvgIpc) is 2.56. The molecule has 1 aromatic heterocycles. The highest BCUT2D eigenvalue weighted by Crippen LogP contribution is 2.25. The van der Waals surface area contributed by atoms with Gasteiger partial charge in [0.2, 0.25) is 0 Å². The molecule has 0 amide bonds. The number of rotatable bonds is 3. The fraction of sp³-hybridized carbons (Fsp3) is 0.412. The van der Waals surface area contributed by atoms with Crippen molar-refractivity contribution < 1.29 is 0 Å². The Morgan fingerprint density at radius 2 is 1.81 bits per heavy atom. The molecule has 1 saturated heterocycles. The van der Waals surface area contributed by atoms with Crippen LogP contribution in [0.3, 0.4) is 0 Å². The summed E-state index contributed by atoms with van der Waals surface area (Å²) in [5, 5.41) is 0. The van der Waals surface area contributed by atoms with Gasteiger partial charge < -0.3 is 9.80 Å². The minimum atomic E-state index is 0.995. The molecule has 21 heavy (non-hydrogen) atoms. The molecule has 0 saturated carbocycles. The van der Waals surface area contributed by atoms with Gasteiger partial charge in [-0.1, -0.05) is 12.1 Å². The molecule has 1 aliphatic heterocycles. The molecule has 4 heteroatoms. The summed E-state index contributed by atoms with van der Waals surface area (Å²) in [5.41, 5.74) is 3.32. The van der Waals surface area contributed by atoms with Gasteiger partial charge in [0.15, 0.2) is 0 Å². The van der Waals surface area contributed by atoms with Gasteiger partial charge in [0, 0.05) is 44.5 Å². The molecule has 0 unspecified atom stereocenters. The summed E-state index contributed by atoms with van der Waals surface area (Å²) < 4.78 is 0. The van der Waals surface area contributed by atoms with Crippen LogP contribution in [0.4, 0.5) is 11.5 Å². The van der Waals surface area contributed by atoms with E-state index in [0.717, 1.165) is 30.2 Å². The van der Waals surface area contributed by atoms with Gasteiger partial charge in [-0.05, 0) is 31.4 Å². The Bertz CT molecular complexity index is 603. The second-order valence-corrected chi connectivity index (χ2v) is 5.75. The molecule has 2 heterocycles. The zero-order valence-electron chi connectivity index (χ0n) is 12.8. The Balaban J connectivity index is 1.90. The van der Waals surface area contributed by atoms with Gasteiger partial charge >= 0.3 is 0 Å². The number of piperidine rings is 1. The zero-order chi connectivity index (χ0) is 14.7. The van der Waals surface area contributed by atoms with Gasteiger partial charge in [0.1, 0.15) is 12.1 Å². The van der Waals surface area contributed by atoms with Gasteiger partial charge in [-0.2, -0.15) is 0 Å². The first kappa shape index (κ1) is 13.9. The quantitative estimate of drug-likeness (QED) is 0.865. The van der Waals surface area contributed by atoms with Crippen LogP contribution in [0.25, 0.3) is 11.3 Å². The highest BCUT2D eigenvalue weighted by molar-refractivity contribution is 5.67. The second kappa shape index (κ2) is 6.12. The Hall–Kier alpha value is -2.10. The molecule has 1 aromatic carbocycles. The fourth-order valence-corrected chi connectivity index (χ4v) is 2.74. The number of hydrogen-bond donors (Lipinski definition) is 0. The van der Waals surface area contributed by atoms with E-state index in [0.29, 0.717) is 0 Å². The smallest absolute Gasteiger partial charge is 0.132 e. The van der Waals surface area contributed by atoms with E-state index in [1.807, 2.05) is 0 Å². The fourth-order valence-electron chi connectivity index (χ4n) is 2.74. The van der Waals surface area contributed by atoms with Crippen molar-refractivity contribution in [1.29, 1.82) is 0 Å². The predicted molar refractivity (Wildman–Crippen MR) is 87.9 cm³/mol. The summed E-state index contributed by atoms with van der Waals surface area (Å²) in [7, 11) is 4.11. The monoisotopic (exact) mass is 282 g/mol. The third-order valence-corrected chi connectivity index (χ3v) is 3.99. The molecule has 0 spiro atoms. The molecule has 0 radical (unpaired) electrons. The van der Waals surface area contributed by atoms with E-state index in [1.165, 1.54) is 24.9 Å². The maximum atomic E-state index is 4.45. The van der Waals surface area contributed by atoms with E-state index in [-0.39, 0.29) is 0 Å². The normalized spacial score (nSPS) is 15.0. The maximum Gasteiger partial charge on any atom is 0.132 e. The predicted octanol–water partition coefficient (Wildman–Crippen LogP) is 3.20. The van der Waals surface area contributed by atoms with Crippen molar-refractivity contribution in [3.8, 4) is 11.3 Å². The van der Waals surface area contributed by atoms with Gasteiger partial charge in [0.25, 0.3) is 0 Å². The number of benzene rings is 1. The van der Waals surface area contributed by atoms with Gasteiger partial charge in [-0.15, -0.1) is 0 Å². The van der Waals surface area contributed by atoms with Crippen LogP contribution in [0, 0.1) is 0 Å². The number of hydrogen-bond acceptors (Lipinski definition) is 4. The lowest BCUT2D eigenvalue weighted by atomic mass is 10.1. The number of aromatic nitrogens is 2. The third-order valence-electron chi connectivity index (χ3n) is 3.99. The van der Waals surface area contributed by atoms with Crippen LogP contribution in [0.1, 0.15) is 19.3 Å². The lowest BCUT2D eigenvalue weighted by molar-refractivity contribution is 0.573. The molecule has 4 nitrogen and oxygen atoms in total. The standard InChI is InChI=1S/C17H22N4/c1-20(2)15-8-6-7-14(11-15)16-12-17(19-13-18-16)21-9-4-3-5-10-21/h6-8,11-13H,3-5,9-10H2,1-2H3. The molecule has 3 rings (SSSR count). The van der Waals surface area contributed by atoms with Crippen LogP contribution in [0.2, 0.25) is 0 Å². The van der Waals surface area contributed by atoms with E-state index < -0.39 is 0 Å². The molecule has 1 aliphatic rings. The van der Waals surface area contributed by atoms with Crippen LogP contribution in [0.15, 0.2) is 36.7 Å². The lowest BCUT2D eigenvalue weighted by Crippen LogP contribution is -2.30. The van der Waals surface area contributed by atoms with Crippen LogP contribution in [-0.2, 0) is 0 Å². The van der Waals surface area contributed by atoms with Crippen molar-refractivity contribution in [2.45, 2.75) is 19.3 Å². The van der Waals surface area contributed by atoms with Crippen molar-refractivity contribution in [2.75, 3.05) is 37.0 Å². The van der Waals surface area contributed by atoms with Gasteiger partial charge in [-0.3, -0.25) is 0 Å². The summed E-state index contributed by atoms with van der Waals surface area (Å²) in [6.45, 7) is 2.21. The first-order valence-corrected chi connectivity index (χ1v) is 7.59. The summed E-state index contributed by atoms with van der Waals surface area (Å²) in [6, 6.07) is 10.6. The average molecular weight is 282 g/mol. The van der Waals surface area contributed by atoms with Crippen LogP contribution < -0.4 is 9.80 Å². The molecule has 1 fully saturated rings. The van der Waals surface area contributed by atoms with Gasteiger partial charge in [-0.25, -0.2) is 9.97 Å². The van der Waals surface area contributed by atoms with Crippen molar-refractivity contribution in [2.24, 2.45) is 0 Å². The van der Waals surface area contributed by atoms with E-state index in [9.17, 15) is 0 Å². The second-order valence-electron chi connectivity index (χ2n) is 5.75. The summed E-state index contributed by atoms with van der Waals surface area (Å²) in [6.07, 6.45) is 5.53. The van der Waals surface area contributed by atoms with E-state index >= 15 is 0 Å². The van der Waals surface area contributed by atoms with E-state index in [4.69, 9.17) is 0 Å². The lowest BCUT2D eigenvalue weighted by Gasteiger charge is -2.27. The summed E-state index contributed by atoms with van der Waals surface area (Å²) in [5.74, 6) is 1.05. The maximum absolute atomic E-state index is 4.45. The summed E-state index contributed by atoms with van der Waals surface area (Å²) >= 11 is 0. The van der Waals surface area contributed by atoms with Crippen LogP contribution in [0.5, 0.6) is 0 Å². The topological polar surface area (TPSA) is 32.3 Å². The minimum absolute atomic E-state index is 0.995. The molecule has 110 valence electrons. The number of anilines is 2. The highest BCUT2D eigenvalue weighted by Gasteiger charge is 2.13. The molecule has 2 aromatic rings. The highest BCUT2D eigenvalue weighted by atomic mass is 15.2. The number of nitrogens with zero attached hydrogens (tertiary/aromatic N) is 4. The van der Waals surface area contributed by atoms with Crippen molar-refractivity contribution in [1.82, 2.24) is 9.97 Å². The van der Waals surface area contributed by atoms with Crippen LogP contribution in [-0.4, -0.2) is 37.2 Å². The van der Waals surface area contributed by atoms with Crippen molar-refractivity contribution in [3.63, 3.8) is 0 Å². The molecular formula is C17H22N4. The minimum Gasteiger partial charge on any atom is -0.378 e.